The van der Waals surface area contributed by atoms with Crippen molar-refractivity contribution in [2.75, 3.05) is 0 Å². The third kappa shape index (κ3) is 4.42. The second kappa shape index (κ2) is 9.66. The summed E-state index contributed by atoms with van der Waals surface area (Å²) in [5, 5.41) is 18.6. The molecule has 0 aromatic carbocycles. The fourth-order valence-electron chi connectivity index (χ4n) is 8.44. The maximum Gasteiger partial charge on any atom is 0.330 e. The Morgan fingerprint density at radius 2 is 1.82 bits per heavy atom. The summed E-state index contributed by atoms with van der Waals surface area (Å²) in [7, 11) is 0. The zero-order valence-electron chi connectivity index (χ0n) is 22.2. The Morgan fingerprint density at radius 1 is 1.15 bits per heavy atom. The molecule has 2 fully saturated rings. The normalized spacial score (nSPS) is 38.5. The number of fused-ring (bicyclic) bond motifs is 3. The van der Waals surface area contributed by atoms with E-state index in [2.05, 4.69) is 47.3 Å². The van der Waals surface area contributed by atoms with Crippen molar-refractivity contribution in [3.8, 4) is 0 Å². The van der Waals surface area contributed by atoms with Gasteiger partial charge >= 0.3 is 11.9 Å². The highest BCUT2D eigenvalue weighted by Gasteiger charge is 2.63. The third-order valence-electron chi connectivity index (χ3n) is 10.7. The summed E-state index contributed by atoms with van der Waals surface area (Å²) in [6.45, 7) is 17.8. The van der Waals surface area contributed by atoms with Crippen molar-refractivity contribution in [3.05, 3.63) is 35.5 Å². The molecule has 0 unspecified atom stereocenters. The standard InChI is InChI=1S/C30H46O4/c1-19(2)22-11-12-25-24(28(22,5)16-15-26(31)32)14-18-29(6)23(13-17-30(25,29)7)20(3)9-8-10-21(4)27(33)34/h10,14,20,22-23,25H,1,8-9,11-13,15-18H2,2-7H3,(H,31,32)(H,33,34)/b21-10+/t20-,22+,23-,25-,28+,29+,30-/m0/s1. The Balaban J connectivity index is 1.89. The van der Waals surface area contributed by atoms with Crippen molar-refractivity contribution in [1.29, 1.82) is 0 Å². The number of rotatable bonds is 9. The van der Waals surface area contributed by atoms with Crippen LogP contribution in [0.4, 0.5) is 0 Å². The molecule has 0 aromatic rings. The van der Waals surface area contributed by atoms with Gasteiger partial charge in [-0.1, -0.05) is 57.6 Å². The smallest absolute Gasteiger partial charge is 0.330 e. The van der Waals surface area contributed by atoms with E-state index in [0.717, 1.165) is 25.7 Å². The molecule has 2 saturated carbocycles. The van der Waals surface area contributed by atoms with E-state index in [-0.39, 0.29) is 22.7 Å². The molecule has 0 spiro atoms. The lowest BCUT2D eigenvalue weighted by Crippen LogP contribution is -2.52. The zero-order valence-corrected chi connectivity index (χ0v) is 22.2. The summed E-state index contributed by atoms with van der Waals surface area (Å²) < 4.78 is 0. The molecule has 34 heavy (non-hydrogen) atoms. The molecule has 4 heteroatoms. The highest BCUT2D eigenvalue weighted by molar-refractivity contribution is 5.85. The Bertz CT molecular complexity index is 897. The first-order valence-electron chi connectivity index (χ1n) is 13.3. The van der Waals surface area contributed by atoms with Crippen molar-refractivity contribution in [3.63, 3.8) is 0 Å². The van der Waals surface area contributed by atoms with Gasteiger partial charge in [0.15, 0.2) is 0 Å². The van der Waals surface area contributed by atoms with Crippen LogP contribution in [0.1, 0.15) is 99.3 Å². The van der Waals surface area contributed by atoms with Gasteiger partial charge in [0.05, 0.1) is 0 Å². The number of carboxylic acids is 2. The molecule has 3 aliphatic rings. The highest BCUT2D eigenvalue weighted by Crippen LogP contribution is 2.71. The van der Waals surface area contributed by atoms with E-state index in [1.807, 2.05) is 6.08 Å². The molecule has 0 amide bonds. The Kier molecular flexibility index (Phi) is 7.60. The molecule has 0 heterocycles. The second-order valence-electron chi connectivity index (χ2n) is 12.4. The molecule has 0 aliphatic heterocycles. The number of allylic oxidation sites excluding steroid dienone is 4. The van der Waals surface area contributed by atoms with Gasteiger partial charge in [-0.3, -0.25) is 4.79 Å². The van der Waals surface area contributed by atoms with E-state index in [4.69, 9.17) is 5.11 Å². The van der Waals surface area contributed by atoms with Crippen LogP contribution in [0.2, 0.25) is 0 Å². The number of carbonyl (C=O) groups is 2. The van der Waals surface area contributed by atoms with Crippen molar-refractivity contribution in [1.82, 2.24) is 0 Å². The van der Waals surface area contributed by atoms with Crippen LogP contribution in [0.5, 0.6) is 0 Å². The maximum absolute atomic E-state index is 11.5. The second-order valence-corrected chi connectivity index (χ2v) is 12.4. The average molecular weight is 471 g/mol. The van der Waals surface area contributed by atoms with Gasteiger partial charge in [-0.2, -0.15) is 0 Å². The summed E-state index contributed by atoms with van der Waals surface area (Å²) in [4.78, 5) is 22.7. The van der Waals surface area contributed by atoms with Crippen LogP contribution in [-0.4, -0.2) is 22.2 Å². The van der Waals surface area contributed by atoms with Crippen molar-refractivity contribution >= 4 is 11.9 Å². The summed E-state index contributed by atoms with van der Waals surface area (Å²) in [6.07, 6.45) is 12.9. The van der Waals surface area contributed by atoms with Gasteiger partial charge in [-0.15, -0.1) is 0 Å². The van der Waals surface area contributed by atoms with Gasteiger partial charge in [0.2, 0.25) is 0 Å². The summed E-state index contributed by atoms with van der Waals surface area (Å²) >= 11 is 0. The Hall–Kier alpha value is -1.84. The van der Waals surface area contributed by atoms with Gasteiger partial charge < -0.3 is 10.2 Å². The third-order valence-corrected chi connectivity index (χ3v) is 10.7. The topological polar surface area (TPSA) is 74.6 Å². The van der Waals surface area contributed by atoms with E-state index < -0.39 is 11.9 Å². The lowest BCUT2D eigenvalue weighted by Gasteiger charge is -2.60. The summed E-state index contributed by atoms with van der Waals surface area (Å²) in [6, 6.07) is 0. The minimum Gasteiger partial charge on any atom is -0.481 e. The molecule has 0 saturated heterocycles. The van der Waals surface area contributed by atoms with Gasteiger partial charge in [-0.05, 0) is 105 Å². The van der Waals surface area contributed by atoms with Crippen molar-refractivity contribution in [2.24, 2.45) is 39.9 Å². The van der Waals surface area contributed by atoms with Crippen molar-refractivity contribution in [2.45, 2.75) is 99.3 Å². The van der Waals surface area contributed by atoms with E-state index in [0.29, 0.717) is 35.7 Å². The molecule has 0 bridgehead atoms. The largest absolute Gasteiger partial charge is 0.481 e. The van der Waals surface area contributed by atoms with E-state index in [1.54, 1.807) is 6.92 Å². The molecule has 3 rings (SSSR count). The first-order chi connectivity index (χ1) is 15.8. The molecule has 7 atom stereocenters. The molecule has 2 N–H and O–H groups in total. The lowest BCUT2D eigenvalue weighted by molar-refractivity contribution is -0.138. The van der Waals surface area contributed by atoms with Crippen molar-refractivity contribution < 1.29 is 19.8 Å². The monoisotopic (exact) mass is 470 g/mol. The fourth-order valence-corrected chi connectivity index (χ4v) is 8.44. The number of aliphatic carboxylic acids is 2. The van der Waals surface area contributed by atoms with Crippen LogP contribution in [0.3, 0.4) is 0 Å². The number of hydrogen-bond donors (Lipinski definition) is 2. The average Bonchev–Trinajstić information content (AvgIpc) is 3.03. The highest BCUT2D eigenvalue weighted by atomic mass is 16.4. The quantitative estimate of drug-likeness (QED) is 0.268. The van der Waals surface area contributed by atoms with Crippen LogP contribution in [-0.2, 0) is 9.59 Å². The number of carboxylic acid groups (broad SMARTS) is 2. The van der Waals surface area contributed by atoms with Crippen LogP contribution in [0, 0.1) is 39.9 Å². The molecule has 0 aromatic heterocycles. The Labute approximate surface area is 206 Å². The molecule has 190 valence electrons. The maximum atomic E-state index is 11.5. The van der Waals surface area contributed by atoms with Gasteiger partial charge in [0.1, 0.15) is 0 Å². The molecule has 0 radical (unpaired) electrons. The predicted octanol–water partition coefficient (Wildman–Crippen LogP) is 7.66. The summed E-state index contributed by atoms with van der Waals surface area (Å²) in [5.74, 6) is 0.491. The van der Waals surface area contributed by atoms with E-state index in [1.165, 1.54) is 30.4 Å². The van der Waals surface area contributed by atoms with Crippen LogP contribution < -0.4 is 0 Å². The predicted molar refractivity (Wildman–Crippen MR) is 137 cm³/mol. The molecular formula is C30H46O4. The molecule has 3 aliphatic carbocycles. The number of hydrogen-bond acceptors (Lipinski definition) is 2. The fraction of sp³-hybridized carbons (Fsp3) is 0.733. The minimum absolute atomic E-state index is 0.125. The van der Waals surface area contributed by atoms with Gasteiger partial charge in [-0.25, -0.2) is 4.79 Å². The zero-order chi connectivity index (χ0) is 25.5. The Morgan fingerprint density at radius 3 is 2.41 bits per heavy atom. The van der Waals surface area contributed by atoms with Gasteiger partial charge in [0.25, 0.3) is 0 Å². The van der Waals surface area contributed by atoms with Crippen LogP contribution >= 0.6 is 0 Å². The molecular weight excluding hydrogens is 424 g/mol. The SMILES string of the molecule is C=C(C)[C@H]1CC[C@H]2C(=CC[C@]3(C)[C@H]([C@@H](C)CC/C=C(\C)C(=O)O)CC[C@@]23C)[C@]1(C)CCC(=O)O. The first kappa shape index (κ1) is 26.8. The van der Waals surface area contributed by atoms with Gasteiger partial charge in [0, 0.05) is 12.0 Å². The van der Waals surface area contributed by atoms with E-state index >= 15 is 0 Å². The van der Waals surface area contributed by atoms with Crippen LogP contribution in [0.25, 0.3) is 0 Å². The summed E-state index contributed by atoms with van der Waals surface area (Å²) in [5.41, 5.74) is 3.45. The minimum atomic E-state index is -0.825. The first-order valence-corrected chi connectivity index (χ1v) is 13.3. The molecule has 4 nitrogen and oxygen atoms in total. The van der Waals surface area contributed by atoms with E-state index in [9.17, 15) is 14.7 Å². The lowest BCUT2D eigenvalue weighted by atomic mass is 9.44. The van der Waals surface area contributed by atoms with Crippen LogP contribution in [0.15, 0.2) is 35.5 Å².